The Morgan fingerprint density at radius 2 is 2.12 bits per heavy atom. The fourth-order valence-electron chi connectivity index (χ4n) is 3.09. The van der Waals surface area contributed by atoms with Crippen LogP contribution < -0.4 is 19.7 Å². The van der Waals surface area contributed by atoms with Crippen LogP contribution in [0, 0.1) is 5.82 Å². The van der Waals surface area contributed by atoms with E-state index in [-0.39, 0.29) is 5.75 Å². The Bertz CT molecular complexity index is 741. The number of aromatic nitrogens is 2. The summed E-state index contributed by atoms with van der Waals surface area (Å²) >= 11 is 0. The third kappa shape index (κ3) is 3.66. The number of piperidine rings is 1. The standard InChI is InChI=1S/C18H23FN4O2/c1-20-13-5-4-8-23(11-13)18-21-10-14(17(22-18)25-3)12-6-7-16(24-2)15(19)9-12/h6-7,9-10,13,20H,4-5,8,11H2,1-3H3. The summed E-state index contributed by atoms with van der Waals surface area (Å²) in [6.45, 7) is 1.77. The summed E-state index contributed by atoms with van der Waals surface area (Å²) in [5, 5.41) is 3.30. The molecule has 134 valence electrons. The molecule has 3 rings (SSSR count). The van der Waals surface area contributed by atoms with Crippen LogP contribution in [-0.4, -0.2) is 50.4 Å². The first-order valence-electron chi connectivity index (χ1n) is 8.33. The molecular formula is C18H23FN4O2. The Hall–Kier alpha value is -2.41. The van der Waals surface area contributed by atoms with Crippen LogP contribution in [0.4, 0.5) is 10.3 Å². The van der Waals surface area contributed by atoms with E-state index in [0.717, 1.165) is 25.9 Å². The summed E-state index contributed by atoms with van der Waals surface area (Å²) in [6.07, 6.45) is 3.92. The zero-order valence-corrected chi connectivity index (χ0v) is 14.8. The van der Waals surface area contributed by atoms with Crippen molar-refractivity contribution in [2.24, 2.45) is 0 Å². The molecule has 2 aromatic rings. The first kappa shape index (κ1) is 17.4. The van der Waals surface area contributed by atoms with E-state index in [9.17, 15) is 4.39 Å². The molecule has 1 fully saturated rings. The quantitative estimate of drug-likeness (QED) is 0.898. The lowest BCUT2D eigenvalue weighted by atomic mass is 10.1. The number of likely N-dealkylation sites (N-methyl/N-ethyl adjacent to an activating group) is 1. The van der Waals surface area contributed by atoms with Gasteiger partial charge in [-0.05, 0) is 37.6 Å². The maximum absolute atomic E-state index is 14.0. The normalized spacial score (nSPS) is 17.4. The van der Waals surface area contributed by atoms with Crippen molar-refractivity contribution in [2.45, 2.75) is 18.9 Å². The monoisotopic (exact) mass is 346 g/mol. The van der Waals surface area contributed by atoms with Crippen molar-refractivity contribution in [3.8, 4) is 22.8 Å². The molecule has 0 bridgehead atoms. The van der Waals surface area contributed by atoms with E-state index >= 15 is 0 Å². The van der Waals surface area contributed by atoms with E-state index < -0.39 is 5.82 Å². The van der Waals surface area contributed by atoms with Crippen LogP contribution in [0.3, 0.4) is 0 Å². The SMILES string of the molecule is CNC1CCCN(c2ncc(-c3ccc(OC)c(F)c3)c(OC)n2)C1. The molecule has 1 aromatic carbocycles. The second kappa shape index (κ2) is 7.65. The molecule has 7 heteroatoms. The molecule has 1 N–H and O–H groups in total. The van der Waals surface area contributed by atoms with Crippen LogP contribution in [0.25, 0.3) is 11.1 Å². The molecule has 0 radical (unpaired) electrons. The number of anilines is 1. The number of halogens is 1. The topological polar surface area (TPSA) is 59.5 Å². The molecule has 1 atom stereocenters. The minimum atomic E-state index is -0.431. The average Bonchev–Trinajstić information content (AvgIpc) is 2.67. The molecule has 0 spiro atoms. The lowest BCUT2D eigenvalue weighted by molar-refractivity contribution is 0.386. The summed E-state index contributed by atoms with van der Waals surface area (Å²) in [5.41, 5.74) is 1.29. The van der Waals surface area contributed by atoms with Gasteiger partial charge in [-0.2, -0.15) is 4.98 Å². The molecule has 1 unspecified atom stereocenters. The zero-order valence-electron chi connectivity index (χ0n) is 14.8. The van der Waals surface area contributed by atoms with Crippen molar-refractivity contribution in [3.05, 3.63) is 30.2 Å². The Kier molecular flexibility index (Phi) is 5.33. The minimum absolute atomic E-state index is 0.201. The predicted molar refractivity (Wildman–Crippen MR) is 94.8 cm³/mol. The molecule has 1 aliphatic heterocycles. The fraction of sp³-hybridized carbons (Fsp3) is 0.444. The molecular weight excluding hydrogens is 323 g/mol. The van der Waals surface area contributed by atoms with Crippen molar-refractivity contribution in [1.82, 2.24) is 15.3 Å². The number of hydrogen-bond acceptors (Lipinski definition) is 6. The molecule has 1 saturated heterocycles. The van der Waals surface area contributed by atoms with E-state index in [1.807, 2.05) is 7.05 Å². The van der Waals surface area contributed by atoms with Gasteiger partial charge in [-0.15, -0.1) is 0 Å². The lowest BCUT2D eigenvalue weighted by Gasteiger charge is -2.32. The molecule has 6 nitrogen and oxygen atoms in total. The molecule has 0 aliphatic carbocycles. The summed E-state index contributed by atoms with van der Waals surface area (Å²) < 4.78 is 24.4. The van der Waals surface area contributed by atoms with Gasteiger partial charge < -0.3 is 19.7 Å². The first-order chi connectivity index (χ1) is 12.2. The van der Waals surface area contributed by atoms with E-state index in [2.05, 4.69) is 20.2 Å². The third-order valence-electron chi connectivity index (χ3n) is 4.51. The number of methoxy groups -OCH3 is 2. The fourth-order valence-corrected chi connectivity index (χ4v) is 3.09. The van der Waals surface area contributed by atoms with Gasteiger partial charge in [0.2, 0.25) is 11.8 Å². The van der Waals surface area contributed by atoms with Crippen molar-refractivity contribution in [2.75, 3.05) is 39.3 Å². The lowest BCUT2D eigenvalue weighted by Crippen LogP contribution is -2.45. The number of rotatable bonds is 5. The van der Waals surface area contributed by atoms with Crippen molar-refractivity contribution >= 4 is 5.95 Å². The Labute approximate surface area is 147 Å². The number of nitrogens with one attached hydrogen (secondary N) is 1. The number of benzene rings is 1. The van der Waals surface area contributed by atoms with E-state index in [4.69, 9.17) is 9.47 Å². The molecule has 0 amide bonds. The van der Waals surface area contributed by atoms with Gasteiger partial charge in [-0.1, -0.05) is 6.07 Å². The molecule has 2 heterocycles. The maximum atomic E-state index is 14.0. The van der Waals surface area contributed by atoms with Crippen LogP contribution in [-0.2, 0) is 0 Å². The number of nitrogens with zero attached hydrogens (tertiary/aromatic N) is 3. The Morgan fingerprint density at radius 1 is 1.28 bits per heavy atom. The zero-order chi connectivity index (χ0) is 17.8. The minimum Gasteiger partial charge on any atom is -0.494 e. The van der Waals surface area contributed by atoms with E-state index in [1.165, 1.54) is 13.2 Å². The molecule has 1 aliphatic rings. The average molecular weight is 346 g/mol. The first-order valence-corrected chi connectivity index (χ1v) is 8.33. The number of ether oxygens (including phenoxy) is 2. The van der Waals surface area contributed by atoms with Crippen LogP contribution in [0.15, 0.2) is 24.4 Å². The largest absolute Gasteiger partial charge is 0.494 e. The molecule has 1 aromatic heterocycles. The van der Waals surface area contributed by atoms with Gasteiger partial charge >= 0.3 is 0 Å². The van der Waals surface area contributed by atoms with Crippen molar-refractivity contribution in [3.63, 3.8) is 0 Å². The van der Waals surface area contributed by atoms with Crippen LogP contribution in [0.1, 0.15) is 12.8 Å². The van der Waals surface area contributed by atoms with Crippen molar-refractivity contribution in [1.29, 1.82) is 0 Å². The summed E-state index contributed by atoms with van der Waals surface area (Å²) in [7, 11) is 4.96. The highest BCUT2D eigenvalue weighted by Crippen LogP contribution is 2.32. The van der Waals surface area contributed by atoms with Crippen LogP contribution >= 0.6 is 0 Å². The van der Waals surface area contributed by atoms with Gasteiger partial charge in [0, 0.05) is 25.3 Å². The van der Waals surface area contributed by atoms with Gasteiger partial charge in [-0.3, -0.25) is 0 Å². The smallest absolute Gasteiger partial charge is 0.228 e. The highest BCUT2D eigenvalue weighted by molar-refractivity contribution is 5.69. The highest BCUT2D eigenvalue weighted by atomic mass is 19.1. The second-order valence-electron chi connectivity index (χ2n) is 6.02. The highest BCUT2D eigenvalue weighted by Gasteiger charge is 2.22. The van der Waals surface area contributed by atoms with Crippen LogP contribution in [0.2, 0.25) is 0 Å². The Morgan fingerprint density at radius 3 is 2.80 bits per heavy atom. The van der Waals surface area contributed by atoms with Gasteiger partial charge in [0.05, 0.1) is 19.8 Å². The second-order valence-corrected chi connectivity index (χ2v) is 6.02. The predicted octanol–water partition coefficient (Wildman–Crippen LogP) is 2.49. The van der Waals surface area contributed by atoms with Crippen LogP contribution in [0.5, 0.6) is 11.6 Å². The van der Waals surface area contributed by atoms with E-state index in [1.54, 1.807) is 25.4 Å². The third-order valence-corrected chi connectivity index (χ3v) is 4.51. The van der Waals surface area contributed by atoms with Gasteiger partial charge in [-0.25, -0.2) is 9.37 Å². The van der Waals surface area contributed by atoms with Gasteiger partial charge in [0.15, 0.2) is 11.6 Å². The molecule has 0 saturated carbocycles. The Balaban J connectivity index is 1.91. The maximum Gasteiger partial charge on any atom is 0.228 e. The van der Waals surface area contributed by atoms with Gasteiger partial charge in [0.25, 0.3) is 0 Å². The summed E-state index contributed by atoms with van der Waals surface area (Å²) in [5.74, 6) is 0.835. The van der Waals surface area contributed by atoms with Crippen molar-refractivity contribution < 1.29 is 13.9 Å². The number of hydrogen-bond donors (Lipinski definition) is 1. The summed E-state index contributed by atoms with van der Waals surface area (Å²) in [6, 6.07) is 5.18. The van der Waals surface area contributed by atoms with E-state index in [0.29, 0.717) is 29.0 Å². The van der Waals surface area contributed by atoms with Gasteiger partial charge in [0.1, 0.15) is 0 Å². The molecule has 25 heavy (non-hydrogen) atoms. The summed E-state index contributed by atoms with van der Waals surface area (Å²) in [4.78, 5) is 11.2.